The Morgan fingerprint density at radius 1 is 1.07 bits per heavy atom. The SMILES string of the molecule is C=CC(=O)N1CC(Oc2cc3c(Nc4ccc(Oc5ccnc(N6CCOCC6)c5)cc4F)ncnc3cc2OC)C1. The zero-order chi connectivity index (χ0) is 29.1. The van der Waals surface area contributed by atoms with Gasteiger partial charge in [0, 0.05) is 42.9 Å². The van der Waals surface area contributed by atoms with E-state index in [1.807, 2.05) is 6.07 Å². The van der Waals surface area contributed by atoms with Gasteiger partial charge in [-0.1, -0.05) is 6.58 Å². The van der Waals surface area contributed by atoms with Gasteiger partial charge in [0.2, 0.25) is 5.91 Å². The fraction of sp³-hybridized carbons (Fsp3) is 0.267. The highest BCUT2D eigenvalue weighted by Crippen LogP contribution is 2.37. The number of carbonyl (C=O) groups excluding carboxylic acids is 1. The Morgan fingerprint density at radius 2 is 1.88 bits per heavy atom. The molecule has 42 heavy (non-hydrogen) atoms. The molecule has 2 saturated heterocycles. The number of carbonyl (C=O) groups is 1. The van der Waals surface area contributed by atoms with Crippen molar-refractivity contribution in [3.8, 4) is 23.0 Å². The van der Waals surface area contributed by atoms with E-state index < -0.39 is 5.82 Å². The summed E-state index contributed by atoms with van der Waals surface area (Å²) in [4.78, 5) is 28.6. The van der Waals surface area contributed by atoms with E-state index in [2.05, 4.69) is 31.7 Å². The smallest absolute Gasteiger partial charge is 0.246 e. The highest BCUT2D eigenvalue weighted by Gasteiger charge is 2.31. The molecule has 0 spiro atoms. The number of amides is 1. The number of aromatic nitrogens is 3. The molecule has 0 unspecified atom stereocenters. The van der Waals surface area contributed by atoms with Gasteiger partial charge in [-0.2, -0.15) is 0 Å². The van der Waals surface area contributed by atoms with Crippen LogP contribution in [0.2, 0.25) is 0 Å². The van der Waals surface area contributed by atoms with Crippen LogP contribution in [0.1, 0.15) is 0 Å². The minimum absolute atomic E-state index is 0.142. The molecule has 12 heteroatoms. The number of methoxy groups -OCH3 is 1. The third-order valence-corrected chi connectivity index (χ3v) is 7.03. The second-order valence-electron chi connectivity index (χ2n) is 9.75. The number of fused-ring (bicyclic) bond motifs is 1. The number of rotatable bonds is 9. The minimum atomic E-state index is -0.520. The molecule has 0 aliphatic carbocycles. The van der Waals surface area contributed by atoms with Gasteiger partial charge in [0.15, 0.2) is 11.5 Å². The quantitative estimate of drug-likeness (QED) is 0.291. The third-order valence-electron chi connectivity index (χ3n) is 7.03. The van der Waals surface area contributed by atoms with Crippen LogP contribution in [0.4, 0.5) is 21.7 Å². The third kappa shape index (κ3) is 5.75. The zero-order valence-electron chi connectivity index (χ0n) is 23.0. The van der Waals surface area contributed by atoms with Crippen LogP contribution in [-0.4, -0.2) is 78.4 Å². The van der Waals surface area contributed by atoms with Gasteiger partial charge in [-0.3, -0.25) is 4.79 Å². The lowest BCUT2D eigenvalue weighted by Crippen LogP contribution is -2.55. The summed E-state index contributed by atoms with van der Waals surface area (Å²) in [6.07, 6.45) is 4.14. The van der Waals surface area contributed by atoms with Gasteiger partial charge in [0.25, 0.3) is 0 Å². The summed E-state index contributed by atoms with van der Waals surface area (Å²) in [7, 11) is 1.54. The Bertz CT molecular complexity index is 1620. The molecule has 0 radical (unpaired) electrons. The maximum Gasteiger partial charge on any atom is 0.246 e. The molecule has 11 nitrogen and oxygen atoms in total. The van der Waals surface area contributed by atoms with Crippen LogP contribution in [0.15, 0.2) is 67.6 Å². The van der Waals surface area contributed by atoms with E-state index in [9.17, 15) is 4.79 Å². The molecule has 2 aromatic heterocycles. The standard InChI is InChI=1S/C30H29FN6O5/c1-3-29(38)37-16-21(17-37)42-27-14-22-25(15-26(27)39-2)33-18-34-30(22)35-24-5-4-19(12-23(24)31)41-20-6-7-32-28(13-20)36-8-10-40-11-9-36/h3-7,12-15,18,21H,1,8-11,16-17H2,2H3,(H,33,34,35). The van der Waals surface area contributed by atoms with E-state index in [1.165, 1.54) is 25.6 Å². The first-order valence-electron chi connectivity index (χ1n) is 13.4. The highest BCUT2D eigenvalue weighted by molar-refractivity contribution is 5.93. The summed E-state index contributed by atoms with van der Waals surface area (Å²) in [5.74, 6) is 2.36. The van der Waals surface area contributed by atoms with Gasteiger partial charge in [0.05, 0.1) is 44.6 Å². The average molecular weight is 573 g/mol. The number of pyridine rings is 1. The van der Waals surface area contributed by atoms with Crippen molar-refractivity contribution < 1.29 is 28.1 Å². The summed E-state index contributed by atoms with van der Waals surface area (Å²) in [5, 5.41) is 3.67. The number of anilines is 3. The monoisotopic (exact) mass is 572 g/mol. The van der Waals surface area contributed by atoms with E-state index >= 15 is 4.39 Å². The lowest BCUT2D eigenvalue weighted by Gasteiger charge is -2.38. The van der Waals surface area contributed by atoms with E-state index in [4.69, 9.17) is 18.9 Å². The number of halogens is 1. The van der Waals surface area contributed by atoms with Gasteiger partial charge in [-0.25, -0.2) is 19.3 Å². The molecule has 0 saturated carbocycles. The molecule has 2 aliphatic heterocycles. The van der Waals surface area contributed by atoms with Crippen molar-refractivity contribution in [2.45, 2.75) is 6.10 Å². The van der Waals surface area contributed by atoms with E-state index in [0.29, 0.717) is 66.0 Å². The van der Waals surface area contributed by atoms with Gasteiger partial charge >= 0.3 is 0 Å². The van der Waals surface area contributed by atoms with Crippen LogP contribution in [0.3, 0.4) is 0 Å². The summed E-state index contributed by atoms with van der Waals surface area (Å²) in [5.41, 5.74) is 0.796. The van der Waals surface area contributed by atoms with Gasteiger partial charge in [-0.05, 0) is 30.3 Å². The predicted molar refractivity (Wildman–Crippen MR) is 154 cm³/mol. The van der Waals surface area contributed by atoms with Crippen molar-refractivity contribution in [2.75, 3.05) is 56.7 Å². The van der Waals surface area contributed by atoms with E-state index in [1.54, 1.807) is 41.4 Å². The summed E-state index contributed by atoms with van der Waals surface area (Å²) >= 11 is 0. The van der Waals surface area contributed by atoms with Crippen LogP contribution in [0.5, 0.6) is 23.0 Å². The van der Waals surface area contributed by atoms with E-state index in [0.717, 1.165) is 18.9 Å². The maximum absolute atomic E-state index is 15.3. The summed E-state index contributed by atoms with van der Waals surface area (Å²) < 4.78 is 38.2. The summed E-state index contributed by atoms with van der Waals surface area (Å²) in [6, 6.07) is 11.6. The van der Waals surface area contributed by atoms with Gasteiger partial charge < -0.3 is 34.1 Å². The number of nitrogens with zero attached hydrogens (tertiary/aromatic N) is 5. The number of hydrogen-bond donors (Lipinski definition) is 1. The average Bonchev–Trinajstić information content (AvgIpc) is 3.00. The van der Waals surface area contributed by atoms with E-state index in [-0.39, 0.29) is 17.7 Å². The van der Waals surface area contributed by atoms with Crippen molar-refractivity contribution in [1.29, 1.82) is 0 Å². The first kappa shape index (κ1) is 27.2. The minimum Gasteiger partial charge on any atom is -0.493 e. The molecule has 0 atom stereocenters. The molecule has 1 N–H and O–H groups in total. The van der Waals surface area contributed by atoms with Crippen LogP contribution in [-0.2, 0) is 9.53 Å². The maximum atomic E-state index is 15.3. The molecule has 216 valence electrons. The number of benzene rings is 2. The van der Waals surface area contributed by atoms with Crippen molar-refractivity contribution in [3.05, 3.63) is 73.5 Å². The Morgan fingerprint density at radius 3 is 2.64 bits per heavy atom. The van der Waals surface area contributed by atoms with Crippen molar-refractivity contribution >= 4 is 34.1 Å². The predicted octanol–water partition coefficient (Wildman–Crippen LogP) is 4.32. The lowest BCUT2D eigenvalue weighted by atomic mass is 10.1. The molecule has 2 aromatic carbocycles. The van der Waals surface area contributed by atoms with Gasteiger partial charge in [0.1, 0.15) is 41.4 Å². The van der Waals surface area contributed by atoms with Crippen LogP contribution in [0, 0.1) is 5.82 Å². The Kier molecular flexibility index (Phi) is 7.69. The van der Waals surface area contributed by atoms with Gasteiger partial charge in [-0.15, -0.1) is 0 Å². The normalized spacial score (nSPS) is 15.2. The van der Waals surface area contributed by atoms with Crippen LogP contribution in [0.25, 0.3) is 10.9 Å². The number of likely N-dealkylation sites (tertiary alicyclic amines) is 1. The van der Waals surface area contributed by atoms with Crippen molar-refractivity contribution in [1.82, 2.24) is 19.9 Å². The zero-order valence-corrected chi connectivity index (χ0v) is 23.0. The largest absolute Gasteiger partial charge is 0.493 e. The first-order valence-corrected chi connectivity index (χ1v) is 13.4. The van der Waals surface area contributed by atoms with Crippen LogP contribution >= 0.6 is 0 Å². The number of nitrogens with one attached hydrogen (secondary N) is 1. The van der Waals surface area contributed by atoms with Crippen molar-refractivity contribution in [3.63, 3.8) is 0 Å². The molecular formula is C30H29FN6O5. The molecule has 6 rings (SSSR count). The lowest BCUT2D eigenvalue weighted by molar-refractivity contribution is -0.134. The van der Waals surface area contributed by atoms with Crippen LogP contribution < -0.4 is 24.4 Å². The second kappa shape index (κ2) is 11.9. The summed E-state index contributed by atoms with van der Waals surface area (Å²) in [6.45, 7) is 7.19. The molecule has 0 bridgehead atoms. The molecule has 2 aliphatic rings. The highest BCUT2D eigenvalue weighted by atomic mass is 19.1. The fourth-order valence-electron chi connectivity index (χ4n) is 4.77. The molecule has 4 heterocycles. The first-order chi connectivity index (χ1) is 20.5. The number of ether oxygens (including phenoxy) is 4. The Balaban J connectivity index is 1.19. The molecule has 1 amide bonds. The molecule has 4 aromatic rings. The van der Waals surface area contributed by atoms with Crippen molar-refractivity contribution in [2.24, 2.45) is 0 Å². The number of hydrogen-bond acceptors (Lipinski definition) is 10. The topological polar surface area (TPSA) is 111 Å². The molecular weight excluding hydrogens is 543 g/mol. The Hall–Kier alpha value is -4.97. The fourth-order valence-corrected chi connectivity index (χ4v) is 4.77. The molecule has 2 fully saturated rings. The second-order valence-corrected chi connectivity index (χ2v) is 9.75. The Labute approximate surface area is 241 Å². The number of morpholine rings is 1.